The molecule has 5 aromatic rings. The van der Waals surface area contributed by atoms with Crippen molar-refractivity contribution < 1.29 is 4.74 Å². The standard InChI is InChI=1S/C24H23N9O/c1-14(18-3-2-4-21-23(18)28-8-7-27-21)34-17-5-6-20-19(9-17)22(31-30-20)15-10-29-33(11-15)16-12-32(13-16)24(25)26/h2-11,14,16H,12-13H2,1H3,(H3,25,26)(H,30,31). The van der Waals surface area contributed by atoms with Gasteiger partial charge < -0.3 is 15.4 Å². The van der Waals surface area contributed by atoms with Crippen molar-refractivity contribution in [3.63, 3.8) is 0 Å². The average Bonchev–Trinajstić information content (AvgIpc) is 3.44. The predicted molar refractivity (Wildman–Crippen MR) is 128 cm³/mol. The van der Waals surface area contributed by atoms with Crippen LogP contribution in [-0.4, -0.2) is 53.9 Å². The van der Waals surface area contributed by atoms with Gasteiger partial charge in [-0.15, -0.1) is 0 Å². The van der Waals surface area contributed by atoms with E-state index in [0.717, 1.165) is 44.5 Å². The fourth-order valence-electron chi connectivity index (χ4n) is 4.38. The lowest BCUT2D eigenvalue weighted by atomic mass is 10.1. The molecule has 3 aromatic heterocycles. The molecule has 0 saturated carbocycles. The number of guanidine groups is 1. The number of nitrogens with one attached hydrogen (secondary N) is 2. The van der Waals surface area contributed by atoms with Crippen LogP contribution < -0.4 is 10.5 Å². The Bertz CT molecular complexity index is 1510. The summed E-state index contributed by atoms with van der Waals surface area (Å²) < 4.78 is 8.23. The minimum Gasteiger partial charge on any atom is -0.486 e. The van der Waals surface area contributed by atoms with Crippen molar-refractivity contribution in [2.45, 2.75) is 19.1 Å². The number of fused-ring (bicyclic) bond motifs is 2. The largest absolute Gasteiger partial charge is 0.486 e. The Labute approximate surface area is 194 Å². The predicted octanol–water partition coefficient (Wildman–Crippen LogP) is 3.26. The highest BCUT2D eigenvalue weighted by molar-refractivity contribution is 5.93. The Morgan fingerprint density at radius 3 is 2.91 bits per heavy atom. The highest BCUT2D eigenvalue weighted by Gasteiger charge is 2.30. The smallest absolute Gasteiger partial charge is 0.188 e. The van der Waals surface area contributed by atoms with Crippen molar-refractivity contribution in [1.29, 1.82) is 5.41 Å². The Morgan fingerprint density at radius 1 is 1.21 bits per heavy atom. The molecule has 10 nitrogen and oxygen atoms in total. The van der Waals surface area contributed by atoms with E-state index in [0.29, 0.717) is 13.1 Å². The average molecular weight is 454 g/mol. The second-order valence-electron chi connectivity index (χ2n) is 8.46. The van der Waals surface area contributed by atoms with Crippen molar-refractivity contribution in [2.75, 3.05) is 13.1 Å². The van der Waals surface area contributed by atoms with Gasteiger partial charge in [-0.2, -0.15) is 10.2 Å². The van der Waals surface area contributed by atoms with Gasteiger partial charge in [0.1, 0.15) is 17.5 Å². The van der Waals surface area contributed by atoms with Crippen molar-refractivity contribution in [2.24, 2.45) is 5.73 Å². The van der Waals surface area contributed by atoms with Crippen LogP contribution in [-0.2, 0) is 0 Å². The molecule has 1 saturated heterocycles. The zero-order valence-corrected chi connectivity index (χ0v) is 18.5. The van der Waals surface area contributed by atoms with Crippen molar-refractivity contribution in [3.05, 3.63) is 66.7 Å². The Hall–Kier alpha value is -4.47. The van der Waals surface area contributed by atoms with Crippen molar-refractivity contribution in [1.82, 2.24) is 34.8 Å². The summed E-state index contributed by atoms with van der Waals surface area (Å²) in [6.45, 7) is 3.38. The number of nitrogens with zero attached hydrogens (tertiary/aromatic N) is 6. The highest BCUT2D eigenvalue weighted by Crippen LogP contribution is 2.32. The third kappa shape index (κ3) is 3.40. The molecule has 0 amide bonds. The molecule has 4 heterocycles. The third-order valence-electron chi connectivity index (χ3n) is 6.27. The van der Waals surface area contributed by atoms with Gasteiger partial charge in [-0.1, -0.05) is 12.1 Å². The number of benzene rings is 2. The van der Waals surface area contributed by atoms with Crippen LogP contribution in [0.5, 0.6) is 5.75 Å². The van der Waals surface area contributed by atoms with Crippen LogP contribution in [0.4, 0.5) is 0 Å². The van der Waals surface area contributed by atoms with Crippen LogP contribution in [0, 0.1) is 5.41 Å². The first kappa shape index (κ1) is 20.2. The first-order chi connectivity index (χ1) is 16.6. The lowest BCUT2D eigenvalue weighted by Gasteiger charge is -2.39. The lowest BCUT2D eigenvalue weighted by Crippen LogP contribution is -2.53. The maximum atomic E-state index is 7.52. The molecular formula is C24H23N9O. The van der Waals surface area contributed by atoms with Gasteiger partial charge in [-0.25, -0.2) is 0 Å². The molecule has 1 atom stereocenters. The van der Waals surface area contributed by atoms with E-state index in [4.69, 9.17) is 15.9 Å². The normalized spacial score (nSPS) is 14.9. The summed E-state index contributed by atoms with van der Waals surface area (Å²) in [5, 5.41) is 20.6. The van der Waals surface area contributed by atoms with E-state index in [1.165, 1.54) is 0 Å². The van der Waals surface area contributed by atoms with Crippen molar-refractivity contribution in [3.8, 4) is 17.0 Å². The van der Waals surface area contributed by atoms with E-state index in [1.807, 2.05) is 65.3 Å². The zero-order chi connectivity index (χ0) is 23.2. The monoisotopic (exact) mass is 453 g/mol. The number of hydrogen-bond acceptors (Lipinski definition) is 6. The molecule has 1 aliphatic heterocycles. The van der Waals surface area contributed by atoms with E-state index in [-0.39, 0.29) is 18.1 Å². The number of aromatic amines is 1. The summed E-state index contributed by atoms with van der Waals surface area (Å²) in [7, 11) is 0. The topological polar surface area (TPSA) is 135 Å². The first-order valence-corrected chi connectivity index (χ1v) is 11.0. The number of rotatable bonds is 5. The van der Waals surface area contributed by atoms with Gasteiger partial charge in [0.05, 0.1) is 28.8 Å². The van der Waals surface area contributed by atoms with Gasteiger partial charge in [-0.05, 0) is 31.2 Å². The molecule has 6 rings (SSSR count). The van der Waals surface area contributed by atoms with Gasteiger partial charge in [0.25, 0.3) is 0 Å². The maximum Gasteiger partial charge on any atom is 0.188 e. The molecule has 34 heavy (non-hydrogen) atoms. The summed E-state index contributed by atoms with van der Waals surface area (Å²) in [5.41, 5.74) is 10.9. The van der Waals surface area contributed by atoms with Gasteiger partial charge in [-0.3, -0.25) is 25.2 Å². The van der Waals surface area contributed by atoms with E-state index < -0.39 is 0 Å². The van der Waals surface area contributed by atoms with Gasteiger partial charge in [0, 0.05) is 48.2 Å². The number of aromatic nitrogens is 6. The zero-order valence-electron chi connectivity index (χ0n) is 18.5. The second-order valence-corrected chi connectivity index (χ2v) is 8.46. The van der Waals surface area contributed by atoms with Crippen LogP contribution in [0.25, 0.3) is 33.2 Å². The number of likely N-dealkylation sites (tertiary alicyclic amines) is 1. The summed E-state index contributed by atoms with van der Waals surface area (Å²) in [6, 6.07) is 12.0. The number of nitrogens with two attached hydrogens (primary N) is 1. The van der Waals surface area contributed by atoms with Crippen LogP contribution >= 0.6 is 0 Å². The fraction of sp³-hybridized carbons (Fsp3) is 0.208. The number of para-hydroxylation sites is 1. The third-order valence-corrected chi connectivity index (χ3v) is 6.27. The molecule has 2 aromatic carbocycles. The van der Waals surface area contributed by atoms with Crippen LogP contribution in [0.2, 0.25) is 0 Å². The quantitative estimate of drug-likeness (QED) is 0.275. The lowest BCUT2D eigenvalue weighted by molar-refractivity contribution is 0.176. The molecule has 0 radical (unpaired) electrons. The van der Waals surface area contributed by atoms with E-state index in [1.54, 1.807) is 12.4 Å². The SMILES string of the molecule is CC(Oc1ccc2[nH]nc(-c3cnn(C4CN(C(=N)N)C4)c3)c2c1)c1cccc2nccnc12. The summed E-state index contributed by atoms with van der Waals surface area (Å²) in [6.07, 6.45) is 6.99. The number of hydrogen-bond donors (Lipinski definition) is 3. The maximum absolute atomic E-state index is 7.52. The molecule has 170 valence electrons. The number of ether oxygens (including phenoxy) is 1. The van der Waals surface area contributed by atoms with Gasteiger partial charge in [0.2, 0.25) is 0 Å². The Morgan fingerprint density at radius 2 is 2.06 bits per heavy atom. The van der Waals surface area contributed by atoms with E-state index in [2.05, 4.69) is 25.3 Å². The summed E-state index contributed by atoms with van der Waals surface area (Å²) in [4.78, 5) is 10.7. The molecule has 10 heteroatoms. The first-order valence-electron chi connectivity index (χ1n) is 11.0. The number of H-pyrrole nitrogens is 1. The molecule has 1 aliphatic rings. The Balaban J connectivity index is 1.27. The minimum absolute atomic E-state index is 0.0965. The molecule has 1 fully saturated rings. The van der Waals surface area contributed by atoms with Crippen LogP contribution in [0.1, 0.15) is 24.6 Å². The second kappa shape index (κ2) is 7.84. The van der Waals surface area contributed by atoms with Gasteiger partial charge in [0.15, 0.2) is 5.96 Å². The van der Waals surface area contributed by atoms with Crippen LogP contribution in [0.15, 0.2) is 61.2 Å². The molecule has 0 aliphatic carbocycles. The minimum atomic E-state index is -0.209. The fourth-order valence-corrected chi connectivity index (χ4v) is 4.38. The van der Waals surface area contributed by atoms with E-state index >= 15 is 0 Å². The van der Waals surface area contributed by atoms with Gasteiger partial charge >= 0.3 is 0 Å². The summed E-state index contributed by atoms with van der Waals surface area (Å²) >= 11 is 0. The highest BCUT2D eigenvalue weighted by atomic mass is 16.5. The molecule has 0 spiro atoms. The molecule has 1 unspecified atom stereocenters. The molecule has 0 bridgehead atoms. The molecular weight excluding hydrogens is 430 g/mol. The van der Waals surface area contributed by atoms with Crippen molar-refractivity contribution >= 4 is 27.9 Å². The van der Waals surface area contributed by atoms with E-state index in [9.17, 15) is 0 Å². The summed E-state index contributed by atoms with van der Waals surface area (Å²) in [5.74, 6) is 0.839. The molecule has 4 N–H and O–H groups in total. The van der Waals surface area contributed by atoms with Crippen LogP contribution in [0.3, 0.4) is 0 Å². The Kier molecular flexibility index (Phi) is 4.65.